The molecule has 1 fully saturated rings. The van der Waals surface area contributed by atoms with Gasteiger partial charge in [0.15, 0.2) is 11.5 Å². The smallest absolute Gasteiger partial charge is 0.295 e. The van der Waals surface area contributed by atoms with Gasteiger partial charge < -0.3 is 34.4 Å². The highest BCUT2D eigenvalue weighted by atomic mass is 16.5. The van der Waals surface area contributed by atoms with Gasteiger partial charge in [-0.3, -0.25) is 9.59 Å². The molecule has 1 aliphatic heterocycles. The lowest BCUT2D eigenvalue weighted by atomic mass is 9.95. The molecule has 0 aliphatic carbocycles. The molecule has 0 saturated carbocycles. The zero-order chi connectivity index (χ0) is 24.7. The summed E-state index contributed by atoms with van der Waals surface area (Å²) in [6.45, 7) is 3.94. The lowest BCUT2D eigenvalue weighted by molar-refractivity contribution is -0.140. The van der Waals surface area contributed by atoms with Crippen molar-refractivity contribution in [2.24, 2.45) is 0 Å². The second-order valence-electron chi connectivity index (χ2n) is 7.38. The van der Waals surface area contributed by atoms with Gasteiger partial charge in [-0.2, -0.15) is 0 Å². The summed E-state index contributed by atoms with van der Waals surface area (Å²) in [4.78, 5) is 27.2. The van der Waals surface area contributed by atoms with E-state index in [-0.39, 0.29) is 49.2 Å². The molecule has 9 nitrogen and oxygen atoms in total. The number of benzene rings is 2. The van der Waals surface area contributed by atoms with E-state index in [4.69, 9.17) is 19.3 Å². The Labute approximate surface area is 197 Å². The van der Waals surface area contributed by atoms with Crippen LogP contribution in [0.25, 0.3) is 5.76 Å². The number of methoxy groups -OCH3 is 1. The SMILES string of the molecule is C=CCOc1ccc(/C(O)=C2\C(=O)C(=O)N(CCOCCO)C2c2ccc(O)c(OC)c2)cc1. The second kappa shape index (κ2) is 11.4. The number of rotatable bonds is 11. The number of ketones is 1. The Bertz CT molecular complexity index is 1080. The molecular formula is C25H27NO8. The molecular weight excluding hydrogens is 442 g/mol. The van der Waals surface area contributed by atoms with E-state index in [1.165, 1.54) is 24.1 Å². The fourth-order valence-corrected chi connectivity index (χ4v) is 3.67. The molecule has 1 amide bonds. The summed E-state index contributed by atoms with van der Waals surface area (Å²) in [6, 6.07) is 9.94. The minimum absolute atomic E-state index is 0.0452. The molecule has 1 atom stereocenters. The first kappa shape index (κ1) is 24.8. The third-order valence-electron chi connectivity index (χ3n) is 5.27. The van der Waals surface area contributed by atoms with E-state index in [9.17, 15) is 19.8 Å². The van der Waals surface area contributed by atoms with Crippen molar-refractivity contribution in [3.05, 3.63) is 71.8 Å². The van der Waals surface area contributed by atoms with Gasteiger partial charge in [0.2, 0.25) is 0 Å². The largest absolute Gasteiger partial charge is 0.507 e. The summed E-state index contributed by atoms with van der Waals surface area (Å²) in [5.74, 6) is -1.38. The maximum Gasteiger partial charge on any atom is 0.295 e. The van der Waals surface area contributed by atoms with Crippen molar-refractivity contribution in [3.63, 3.8) is 0 Å². The van der Waals surface area contributed by atoms with Crippen LogP contribution in [0.5, 0.6) is 17.2 Å². The average Bonchev–Trinajstić information content (AvgIpc) is 3.10. The third kappa shape index (κ3) is 5.22. The molecule has 0 spiro atoms. The molecule has 0 bridgehead atoms. The van der Waals surface area contributed by atoms with E-state index >= 15 is 0 Å². The van der Waals surface area contributed by atoms with Gasteiger partial charge in [-0.25, -0.2) is 0 Å². The number of ether oxygens (including phenoxy) is 3. The number of amides is 1. The van der Waals surface area contributed by atoms with E-state index in [1.54, 1.807) is 36.4 Å². The van der Waals surface area contributed by atoms with Crippen LogP contribution in [0.4, 0.5) is 0 Å². The van der Waals surface area contributed by atoms with E-state index in [0.29, 0.717) is 23.5 Å². The Morgan fingerprint density at radius 1 is 1.15 bits per heavy atom. The monoisotopic (exact) mass is 469 g/mol. The Balaban J connectivity index is 2.05. The van der Waals surface area contributed by atoms with Crippen LogP contribution in [0.15, 0.2) is 60.7 Å². The lowest BCUT2D eigenvalue weighted by Gasteiger charge is -2.25. The van der Waals surface area contributed by atoms with Gasteiger partial charge in [-0.15, -0.1) is 0 Å². The predicted molar refractivity (Wildman–Crippen MR) is 124 cm³/mol. The van der Waals surface area contributed by atoms with Crippen molar-refractivity contribution in [1.29, 1.82) is 0 Å². The molecule has 1 unspecified atom stereocenters. The van der Waals surface area contributed by atoms with E-state index < -0.39 is 17.7 Å². The predicted octanol–water partition coefficient (Wildman–Crippen LogP) is 2.40. The van der Waals surface area contributed by atoms with Crippen molar-refractivity contribution in [3.8, 4) is 17.2 Å². The molecule has 3 N–H and O–H groups in total. The van der Waals surface area contributed by atoms with Gasteiger partial charge in [0.25, 0.3) is 11.7 Å². The third-order valence-corrected chi connectivity index (χ3v) is 5.27. The standard InChI is InChI=1S/C25H27NO8/c1-3-12-34-18-7-4-16(5-8-18)23(29)21-22(17-6-9-19(28)20(15-17)32-2)26(25(31)24(21)30)10-13-33-14-11-27/h3-9,15,22,27-29H,1,10-14H2,2H3/b23-21+. The second-order valence-corrected chi connectivity index (χ2v) is 7.38. The van der Waals surface area contributed by atoms with Crippen molar-refractivity contribution in [1.82, 2.24) is 4.90 Å². The number of aliphatic hydroxyl groups is 2. The number of hydrogen-bond donors (Lipinski definition) is 3. The first-order valence-electron chi connectivity index (χ1n) is 10.6. The number of nitrogens with zero attached hydrogens (tertiary/aromatic N) is 1. The molecule has 1 saturated heterocycles. The van der Waals surface area contributed by atoms with Crippen LogP contribution in [-0.2, 0) is 14.3 Å². The molecule has 34 heavy (non-hydrogen) atoms. The molecule has 0 aromatic heterocycles. The molecule has 2 aromatic carbocycles. The Morgan fingerprint density at radius 2 is 1.88 bits per heavy atom. The van der Waals surface area contributed by atoms with Crippen molar-refractivity contribution in [2.75, 3.05) is 40.1 Å². The quantitative estimate of drug-likeness (QED) is 0.151. The van der Waals surface area contributed by atoms with Gasteiger partial charge in [0.05, 0.1) is 38.5 Å². The number of aliphatic hydroxyl groups excluding tert-OH is 2. The minimum atomic E-state index is -0.941. The van der Waals surface area contributed by atoms with Crippen LogP contribution in [0, 0.1) is 0 Å². The summed E-state index contributed by atoms with van der Waals surface area (Å²) in [6.07, 6.45) is 1.60. The number of carbonyl (C=O) groups excluding carboxylic acids is 2. The van der Waals surface area contributed by atoms with Crippen LogP contribution in [0.2, 0.25) is 0 Å². The summed E-state index contributed by atoms with van der Waals surface area (Å²) in [7, 11) is 1.38. The molecule has 1 aliphatic rings. The maximum atomic E-state index is 13.0. The van der Waals surface area contributed by atoms with E-state index in [1.807, 2.05) is 0 Å². The molecule has 180 valence electrons. The minimum Gasteiger partial charge on any atom is -0.507 e. The zero-order valence-corrected chi connectivity index (χ0v) is 18.8. The molecule has 1 heterocycles. The van der Waals surface area contributed by atoms with Crippen molar-refractivity contribution in [2.45, 2.75) is 6.04 Å². The summed E-state index contributed by atoms with van der Waals surface area (Å²) in [5.41, 5.74) is 0.694. The van der Waals surface area contributed by atoms with Crippen LogP contribution in [0.1, 0.15) is 17.2 Å². The number of Topliss-reactive ketones (excluding diaryl/α,β-unsaturated/α-hetero) is 1. The number of aromatic hydroxyl groups is 1. The van der Waals surface area contributed by atoms with Crippen LogP contribution in [-0.4, -0.2) is 72.0 Å². The fourth-order valence-electron chi connectivity index (χ4n) is 3.67. The summed E-state index contributed by atoms with van der Waals surface area (Å²) >= 11 is 0. The normalized spacial score (nSPS) is 17.1. The first-order chi connectivity index (χ1) is 16.4. The van der Waals surface area contributed by atoms with Crippen molar-refractivity contribution >= 4 is 17.4 Å². The Morgan fingerprint density at radius 3 is 2.53 bits per heavy atom. The number of hydrogen-bond acceptors (Lipinski definition) is 8. The van der Waals surface area contributed by atoms with Gasteiger partial charge >= 0.3 is 0 Å². The number of carbonyl (C=O) groups is 2. The Hall–Kier alpha value is -3.82. The van der Waals surface area contributed by atoms with Gasteiger partial charge in [-0.1, -0.05) is 18.7 Å². The van der Waals surface area contributed by atoms with Crippen LogP contribution < -0.4 is 9.47 Å². The van der Waals surface area contributed by atoms with Gasteiger partial charge in [0.1, 0.15) is 18.1 Å². The number of likely N-dealkylation sites (tertiary alicyclic amines) is 1. The fraction of sp³-hybridized carbons (Fsp3) is 0.280. The lowest BCUT2D eigenvalue weighted by Crippen LogP contribution is -2.33. The van der Waals surface area contributed by atoms with Crippen molar-refractivity contribution < 1.29 is 39.1 Å². The summed E-state index contributed by atoms with van der Waals surface area (Å²) in [5, 5.41) is 30.0. The highest BCUT2D eigenvalue weighted by molar-refractivity contribution is 6.46. The topological polar surface area (TPSA) is 126 Å². The average molecular weight is 469 g/mol. The first-order valence-corrected chi connectivity index (χ1v) is 10.6. The van der Waals surface area contributed by atoms with E-state index in [2.05, 4.69) is 6.58 Å². The van der Waals surface area contributed by atoms with Gasteiger partial charge in [0, 0.05) is 12.1 Å². The maximum absolute atomic E-state index is 13.0. The molecule has 2 aromatic rings. The molecule has 9 heteroatoms. The molecule has 3 rings (SSSR count). The van der Waals surface area contributed by atoms with Gasteiger partial charge in [-0.05, 0) is 42.0 Å². The van der Waals surface area contributed by atoms with Crippen LogP contribution in [0.3, 0.4) is 0 Å². The zero-order valence-electron chi connectivity index (χ0n) is 18.8. The highest BCUT2D eigenvalue weighted by Gasteiger charge is 2.46. The number of phenols is 1. The van der Waals surface area contributed by atoms with E-state index in [0.717, 1.165) is 0 Å². The molecule has 0 radical (unpaired) electrons. The summed E-state index contributed by atoms with van der Waals surface area (Å²) < 4.78 is 15.9. The highest BCUT2D eigenvalue weighted by Crippen LogP contribution is 2.41. The van der Waals surface area contributed by atoms with Crippen LogP contribution >= 0.6 is 0 Å². The Kier molecular flexibility index (Phi) is 8.29. The number of phenolic OH excluding ortho intramolecular Hbond substituents is 1.